The van der Waals surface area contributed by atoms with Crippen LogP contribution in [0.15, 0.2) is 41.3 Å². The van der Waals surface area contributed by atoms with Gasteiger partial charge in [-0.2, -0.15) is 0 Å². The van der Waals surface area contributed by atoms with Gasteiger partial charge in [-0.1, -0.05) is 30.9 Å². The number of benzene rings is 1. The van der Waals surface area contributed by atoms with E-state index in [0.29, 0.717) is 25.1 Å². The minimum atomic E-state index is -1.18. The van der Waals surface area contributed by atoms with Crippen molar-refractivity contribution in [3.8, 4) is 0 Å². The number of amides is 2. The molecule has 4 N–H and O–H groups in total. The first-order chi connectivity index (χ1) is 17.2. The molecular formula is C25H29ClN4O6. The van der Waals surface area contributed by atoms with Gasteiger partial charge in [-0.15, -0.1) is 0 Å². The fourth-order valence-corrected chi connectivity index (χ4v) is 4.96. The summed E-state index contributed by atoms with van der Waals surface area (Å²) >= 11 is 6.03. The molecule has 1 aliphatic heterocycles. The van der Waals surface area contributed by atoms with Crippen LogP contribution < -0.4 is 21.9 Å². The highest BCUT2D eigenvalue weighted by Gasteiger charge is 2.45. The Morgan fingerprint density at radius 2 is 1.97 bits per heavy atom. The van der Waals surface area contributed by atoms with Crippen molar-refractivity contribution in [1.82, 2.24) is 9.88 Å². The highest BCUT2D eigenvalue weighted by atomic mass is 35.5. The van der Waals surface area contributed by atoms with E-state index in [1.165, 1.54) is 28.8 Å². The first-order valence-electron chi connectivity index (χ1n) is 12.0. The van der Waals surface area contributed by atoms with Crippen molar-refractivity contribution in [2.45, 2.75) is 63.3 Å². The number of pyridine rings is 1. The number of rotatable bonds is 7. The average molecular weight is 517 g/mol. The maximum atomic E-state index is 13.7. The Kier molecular flexibility index (Phi) is 7.65. The molecule has 1 aliphatic carbocycles. The Morgan fingerprint density at radius 3 is 2.67 bits per heavy atom. The summed E-state index contributed by atoms with van der Waals surface area (Å²) in [6.07, 6.45) is 3.96. The van der Waals surface area contributed by atoms with Crippen LogP contribution in [0.5, 0.6) is 0 Å². The number of esters is 1. The maximum Gasteiger partial charge on any atom is 0.310 e. The van der Waals surface area contributed by atoms with E-state index in [1.54, 1.807) is 19.2 Å². The molecule has 36 heavy (non-hydrogen) atoms. The third-order valence-electron chi connectivity index (χ3n) is 6.63. The minimum absolute atomic E-state index is 0.0123. The second kappa shape index (κ2) is 10.7. The summed E-state index contributed by atoms with van der Waals surface area (Å²) in [6, 6.07) is 6.88. The molecule has 0 spiro atoms. The second-order valence-corrected chi connectivity index (χ2v) is 9.38. The zero-order valence-corrected chi connectivity index (χ0v) is 20.7. The summed E-state index contributed by atoms with van der Waals surface area (Å²) in [7, 11) is 0. The van der Waals surface area contributed by atoms with Gasteiger partial charge in [0, 0.05) is 18.4 Å². The Bertz CT molecular complexity index is 1220. The predicted octanol–water partition coefficient (Wildman–Crippen LogP) is 2.79. The van der Waals surface area contributed by atoms with Crippen molar-refractivity contribution in [3.63, 3.8) is 0 Å². The van der Waals surface area contributed by atoms with Crippen molar-refractivity contribution >= 4 is 40.8 Å². The van der Waals surface area contributed by atoms with Gasteiger partial charge < -0.3 is 25.8 Å². The summed E-state index contributed by atoms with van der Waals surface area (Å²) in [4.78, 5) is 51.9. The minimum Gasteiger partial charge on any atom is -0.433 e. The molecule has 2 aromatic rings. The van der Waals surface area contributed by atoms with Crippen molar-refractivity contribution in [2.24, 2.45) is 0 Å². The van der Waals surface area contributed by atoms with E-state index in [2.05, 4.69) is 10.6 Å². The molecule has 0 unspecified atom stereocenters. The average Bonchev–Trinajstić information content (AvgIpc) is 3.21. The summed E-state index contributed by atoms with van der Waals surface area (Å²) in [5.41, 5.74) is 4.63. The van der Waals surface area contributed by atoms with Gasteiger partial charge in [0.2, 0.25) is 12.2 Å². The van der Waals surface area contributed by atoms with Gasteiger partial charge in [0.1, 0.15) is 17.3 Å². The summed E-state index contributed by atoms with van der Waals surface area (Å²) in [5.74, 6) is -1.37. The van der Waals surface area contributed by atoms with E-state index in [4.69, 9.17) is 26.8 Å². The van der Waals surface area contributed by atoms with E-state index < -0.39 is 35.3 Å². The number of nitrogens with one attached hydrogen (secondary N) is 2. The topological polar surface area (TPSA) is 142 Å². The molecule has 2 heterocycles. The summed E-state index contributed by atoms with van der Waals surface area (Å²) in [6.45, 7) is 2.08. The van der Waals surface area contributed by atoms with E-state index >= 15 is 0 Å². The molecule has 2 fully saturated rings. The lowest BCUT2D eigenvalue weighted by Gasteiger charge is -2.38. The highest BCUT2D eigenvalue weighted by Crippen LogP contribution is 2.35. The lowest BCUT2D eigenvalue weighted by atomic mass is 9.80. The van der Waals surface area contributed by atoms with Crippen LogP contribution in [0, 0.1) is 0 Å². The molecule has 192 valence electrons. The van der Waals surface area contributed by atoms with Crippen molar-refractivity contribution < 1.29 is 23.9 Å². The van der Waals surface area contributed by atoms with Crippen LogP contribution in [0.3, 0.4) is 0 Å². The highest BCUT2D eigenvalue weighted by molar-refractivity contribution is 6.33. The molecule has 10 nitrogen and oxygen atoms in total. The second-order valence-electron chi connectivity index (χ2n) is 8.98. The SMILES string of the molecule is CCO[C@H]1OC(=O)C[C@@H]1NC(=O)C1(n2cccc(NC(=O)c3ccc(N)c(Cl)c3)c2=O)CCCCC1. The molecule has 1 aromatic carbocycles. The van der Waals surface area contributed by atoms with E-state index in [0.717, 1.165) is 19.3 Å². The van der Waals surface area contributed by atoms with Gasteiger partial charge in [0.15, 0.2) is 0 Å². The fourth-order valence-electron chi connectivity index (χ4n) is 4.77. The third-order valence-corrected chi connectivity index (χ3v) is 6.96. The van der Waals surface area contributed by atoms with Crippen molar-refractivity contribution in [2.75, 3.05) is 17.7 Å². The number of nitrogens with zero attached hydrogens (tertiary/aromatic N) is 1. The summed E-state index contributed by atoms with van der Waals surface area (Å²) in [5, 5.41) is 5.75. The number of nitrogens with two attached hydrogens (primary N) is 1. The number of cyclic esters (lactones) is 1. The van der Waals surface area contributed by atoms with Crippen LogP contribution in [-0.4, -0.2) is 41.3 Å². The molecule has 0 radical (unpaired) electrons. The first kappa shape index (κ1) is 25.7. The largest absolute Gasteiger partial charge is 0.433 e. The van der Waals surface area contributed by atoms with Crippen LogP contribution in [0.2, 0.25) is 5.02 Å². The number of aromatic nitrogens is 1. The molecular weight excluding hydrogens is 488 g/mol. The zero-order valence-electron chi connectivity index (χ0n) is 19.9. The molecule has 1 saturated heterocycles. The molecule has 1 aromatic heterocycles. The van der Waals surface area contributed by atoms with Gasteiger partial charge in [-0.05, 0) is 50.1 Å². The van der Waals surface area contributed by atoms with Gasteiger partial charge in [-0.25, -0.2) is 0 Å². The van der Waals surface area contributed by atoms with Gasteiger partial charge in [0.25, 0.3) is 11.5 Å². The molecule has 2 amide bonds. The van der Waals surface area contributed by atoms with E-state index in [-0.39, 0.29) is 28.6 Å². The molecule has 11 heteroatoms. The monoisotopic (exact) mass is 516 g/mol. The molecule has 0 bridgehead atoms. The fraction of sp³-hybridized carbons (Fsp3) is 0.440. The van der Waals surface area contributed by atoms with Crippen LogP contribution in [0.4, 0.5) is 11.4 Å². The Balaban J connectivity index is 1.63. The first-order valence-corrected chi connectivity index (χ1v) is 12.3. The Morgan fingerprint density at radius 1 is 1.22 bits per heavy atom. The lowest BCUT2D eigenvalue weighted by Crippen LogP contribution is -2.57. The smallest absolute Gasteiger partial charge is 0.310 e. The number of halogens is 1. The zero-order chi connectivity index (χ0) is 25.9. The van der Waals surface area contributed by atoms with Gasteiger partial charge in [-0.3, -0.25) is 23.7 Å². The van der Waals surface area contributed by atoms with E-state index in [9.17, 15) is 19.2 Å². The number of hydrogen-bond acceptors (Lipinski definition) is 7. The predicted molar refractivity (Wildman–Crippen MR) is 134 cm³/mol. The lowest BCUT2D eigenvalue weighted by molar-refractivity contribution is -0.165. The quantitative estimate of drug-likeness (QED) is 0.379. The number of hydrogen-bond donors (Lipinski definition) is 3. The number of carbonyl (C=O) groups is 3. The van der Waals surface area contributed by atoms with Crippen LogP contribution in [0.1, 0.15) is 55.8 Å². The molecule has 1 saturated carbocycles. The van der Waals surface area contributed by atoms with Crippen molar-refractivity contribution in [3.05, 3.63) is 57.5 Å². The summed E-state index contributed by atoms with van der Waals surface area (Å²) < 4.78 is 12.0. The Hall–Kier alpha value is -3.37. The van der Waals surface area contributed by atoms with Gasteiger partial charge >= 0.3 is 5.97 Å². The standard InChI is InChI=1S/C25H29ClN4O6/c1-2-35-23-19(14-20(31)36-23)29-24(34)25(10-4-3-5-11-25)30-12-6-7-18(22(30)33)28-21(32)15-8-9-17(27)16(26)13-15/h6-9,12-13,19,23H,2-5,10-11,14,27H2,1H3,(H,28,32)(H,29,34)/t19-,23-/m0/s1. The third kappa shape index (κ3) is 5.10. The van der Waals surface area contributed by atoms with Crippen LogP contribution in [0.25, 0.3) is 0 Å². The normalized spacial score (nSPS) is 21.0. The van der Waals surface area contributed by atoms with Gasteiger partial charge in [0.05, 0.1) is 17.1 Å². The van der Waals surface area contributed by atoms with Crippen LogP contribution in [-0.2, 0) is 24.6 Å². The number of ether oxygens (including phenoxy) is 2. The molecule has 2 aliphatic rings. The number of carbonyl (C=O) groups excluding carboxylic acids is 3. The number of anilines is 2. The van der Waals surface area contributed by atoms with E-state index in [1.807, 2.05) is 0 Å². The van der Waals surface area contributed by atoms with Crippen LogP contribution >= 0.6 is 11.6 Å². The molecule has 4 rings (SSSR count). The molecule has 2 atom stereocenters. The van der Waals surface area contributed by atoms with Crippen molar-refractivity contribution in [1.29, 1.82) is 0 Å². The maximum absolute atomic E-state index is 13.7. The Labute approximate surface area is 213 Å². The number of nitrogen functional groups attached to an aromatic ring is 1.